The Balaban J connectivity index is 2.59. The minimum Gasteiger partial charge on any atom is -0.210 e. The lowest BCUT2D eigenvalue weighted by Gasteiger charge is -2.02. The number of nitrogens with zero attached hydrogens (tertiary/aromatic N) is 3. The highest BCUT2D eigenvalue weighted by Gasteiger charge is 2.02. The summed E-state index contributed by atoms with van der Waals surface area (Å²) in [7, 11) is 0. The second-order valence-electron chi connectivity index (χ2n) is 2.52. The Kier molecular flexibility index (Phi) is 2.98. The summed E-state index contributed by atoms with van der Waals surface area (Å²) in [5.41, 5.74) is 0.910. The number of aromatic nitrogens is 4. The number of hydrogen-bond acceptors (Lipinski definition) is 3. The molecule has 1 heterocycles. The molecule has 14 heavy (non-hydrogen) atoms. The number of benzene rings is 1. The zero-order chi connectivity index (χ0) is 10.1. The topological polar surface area (TPSA) is 46.5 Å². The van der Waals surface area contributed by atoms with Gasteiger partial charge in [-0.05, 0) is 68.9 Å². The Hall–Kier alpha value is -0.280. The van der Waals surface area contributed by atoms with E-state index in [1.165, 1.54) is 0 Å². The number of aromatic amines is 1. The van der Waals surface area contributed by atoms with E-state index in [9.17, 15) is 0 Å². The molecule has 1 N–H and O–H groups in total. The Bertz CT molecular complexity index is 520. The van der Waals surface area contributed by atoms with E-state index in [4.69, 9.17) is 12.2 Å². The molecule has 0 saturated heterocycles. The van der Waals surface area contributed by atoms with Gasteiger partial charge in [0, 0.05) is 8.04 Å². The standard InChI is InChI=1S/C7H4BrIN4S/c8-5-3-4(1-2-6(5)9)13-7(14)10-11-12-13/h1-3H,(H,10,12,14). The fourth-order valence-corrected chi connectivity index (χ4v) is 1.88. The molecule has 0 unspecified atom stereocenters. The van der Waals surface area contributed by atoms with E-state index in [0.29, 0.717) is 4.77 Å². The van der Waals surface area contributed by atoms with Gasteiger partial charge < -0.3 is 0 Å². The van der Waals surface area contributed by atoms with Crippen LogP contribution in [0, 0.1) is 8.34 Å². The number of halogens is 2. The van der Waals surface area contributed by atoms with Crippen LogP contribution < -0.4 is 0 Å². The summed E-state index contributed by atoms with van der Waals surface area (Å²) in [6.07, 6.45) is 0. The van der Waals surface area contributed by atoms with Crippen LogP contribution in [0.3, 0.4) is 0 Å². The predicted molar refractivity (Wildman–Crippen MR) is 67.0 cm³/mol. The summed E-state index contributed by atoms with van der Waals surface area (Å²) in [4.78, 5) is 0. The van der Waals surface area contributed by atoms with Gasteiger partial charge in [-0.1, -0.05) is 10.3 Å². The lowest BCUT2D eigenvalue weighted by molar-refractivity contribution is 0.785. The van der Waals surface area contributed by atoms with Crippen LogP contribution in [-0.4, -0.2) is 20.2 Å². The second-order valence-corrected chi connectivity index (χ2v) is 4.90. The quantitative estimate of drug-likeness (QED) is 0.609. The zero-order valence-electron chi connectivity index (χ0n) is 6.74. The fraction of sp³-hybridized carbons (Fsp3) is 0. The summed E-state index contributed by atoms with van der Waals surface area (Å²) in [5, 5.41) is 10.0. The van der Waals surface area contributed by atoms with E-state index in [1.807, 2.05) is 18.2 Å². The zero-order valence-corrected chi connectivity index (χ0v) is 11.3. The number of H-pyrrole nitrogens is 1. The molecule has 2 aromatic rings. The van der Waals surface area contributed by atoms with Crippen LogP contribution in [0.2, 0.25) is 0 Å². The van der Waals surface area contributed by atoms with Crippen LogP contribution >= 0.6 is 50.7 Å². The Labute approximate surface area is 107 Å². The second kappa shape index (κ2) is 4.07. The SMILES string of the molecule is S=c1nn[nH]n1-c1ccc(I)c(Br)c1. The molecule has 1 aromatic heterocycles. The van der Waals surface area contributed by atoms with E-state index in [0.717, 1.165) is 13.7 Å². The van der Waals surface area contributed by atoms with Crippen molar-refractivity contribution in [1.82, 2.24) is 20.2 Å². The Morgan fingerprint density at radius 1 is 1.50 bits per heavy atom. The third-order valence-electron chi connectivity index (χ3n) is 1.63. The molecule has 72 valence electrons. The van der Waals surface area contributed by atoms with Gasteiger partial charge in [0.25, 0.3) is 0 Å². The van der Waals surface area contributed by atoms with E-state index in [2.05, 4.69) is 54.0 Å². The molecule has 0 saturated carbocycles. The first-order chi connectivity index (χ1) is 6.68. The molecular formula is C7H4BrIN4S. The Morgan fingerprint density at radius 3 is 2.86 bits per heavy atom. The molecule has 0 spiro atoms. The van der Waals surface area contributed by atoms with Crippen molar-refractivity contribution < 1.29 is 0 Å². The van der Waals surface area contributed by atoms with Gasteiger partial charge in [-0.3, -0.25) is 0 Å². The third kappa shape index (κ3) is 1.89. The molecule has 0 amide bonds. The molecule has 4 nitrogen and oxygen atoms in total. The van der Waals surface area contributed by atoms with Crippen LogP contribution in [0.1, 0.15) is 0 Å². The monoisotopic (exact) mass is 382 g/mol. The van der Waals surface area contributed by atoms with Crippen molar-refractivity contribution in [1.29, 1.82) is 0 Å². The van der Waals surface area contributed by atoms with E-state index in [1.54, 1.807) is 4.68 Å². The number of tetrazole rings is 1. The minimum absolute atomic E-state index is 0.415. The van der Waals surface area contributed by atoms with Crippen molar-refractivity contribution in [2.45, 2.75) is 0 Å². The normalized spacial score (nSPS) is 10.4. The number of rotatable bonds is 1. The van der Waals surface area contributed by atoms with Crippen LogP contribution in [0.25, 0.3) is 5.69 Å². The third-order valence-corrected chi connectivity index (χ3v) is 4.24. The molecule has 0 atom stereocenters. The Morgan fingerprint density at radius 2 is 2.29 bits per heavy atom. The van der Waals surface area contributed by atoms with E-state index < -0.39 is 0 Å². The smallest absolute Gasteiger partial charge is 0.210 e. The van der Waals surface area contributed by atoms with Crippen LogP contribution in [-0.2, 0) is 0 Å². The van der Waals surface area contributed by atoms with Crippen molar-refractivity contribution >= 4 is 50.7 Å². The maximum Gasteiger partial charge on any atom is 0.242 e. The summed E-state index contributed by atoms with van der Waals surface area (Å²) >= 11 is 10.7. The fourth-order valence-electron chi connectivity index (χ4n) is 0.990. The molecule has 0 aliphatic heterocycles. The molecule has 0 aliphatic rings. The lowest BCUT2D eigenvalue weighted by Crippen LogP contribution is -1.96. The summed E-state index contributed by atoms with van der Waals surface area (Å²) in [5.74, 6) is 0. The molecule has 0 radical (unpaired) electrons. The van der Waals surface area contributed by atoms with Crippen LogP contribution in [0.4, 0.5) is 0 Å². The minimum atomic E-state index is 0.415. The van der Waals surface area contributed by atoms with Crippen molar-refractivity contribution in [2.24, 2.45) is 0 Å². The summed E-state index contributed by atoms with van der Waals surface area (Å²) in [6, 6.07) is 5.89. The first-order valence-corrected chi connectivity index (χ1v) is 5.92. The summed E-state index contributed by atoms with van der Waals surface area (Å²) in [6.45, 7) is 0. The molecule has 2 rings (SSSR count). The number of hydrogen-bond donors (Lipinski definition) is 1. The van der Waals surface area contributed by atoms with Gasteiger partial charge >= 0.3 is 0 Å². The van der Waals surface area contributed by atoms with Gasteiger partial charge in [-0.25, -0.2) is 4.68 Å². The highest BCUT2D eigenvalue weighted by atomic mass is 127. The lowest BCUT2D eigenvalue weighted by atomic mass is 10.3. The molecular weight excluding hydrogens is 379 g/mol. The molecule has 0 fully saturated rings. The van der Waals surface area contributed by atoms with Gasteiger partial charge in [0.2, 0.25) is 4.77 Å². The van der Waals surface area contributed by atoms with Gasteiger partial charge in [-0.15, -0.1) is 0 Å². The maximum atomic E-state index is 4.98. The van der Waals surface area contributed by atoms with Crippen molar-refractivity contribution in [3.63, 3.8) is 0 Å². The maximum absolute atomic E-state index is 4.98. The van der Waals surface area contributed by atoms with Crippen molar-refractivity contribution in [3.8, 4) is 5.69 Å². The molecule has 0 aliphatic carbocycles. The average molecular weight is 383 g/mol. The van der Waals surface area contributed by atoms with Crippen molar-refractivity contribution in [2.75, 3.05) is 0 Å². The van der Waals surface area contributed by atoms with Crippen LogP contribution in [0.5, 0.6) is 0 Å². The van der Waals surface area contributed by atoms with Crippen molar-refractivity contribution in [3.05, 3.63) is 31.0 Å². The largest absolute Gasteiger partial charge is 0.242 e. The molecule has 0 bridgehead atoms. The van der Waals surface area contributed by atoms with Gasteiger partial charge in [-0.2, -0.15) is 5.21 Å². The van der Waals surface area contributed by atoms with Gasteiger partial charge in [0.05, 0.1) is 5.69 Å². The average Bonchev–Trinajstić information content (AvgIpc) is 2.57. The number of nitrogens with one attached hydrogen (secondary N) is 1. The van der Waals surface area contributed by atoms with Gasteiger partial charge in [0.1, 0.15) is 0 Å². The van der Waals surface area contributed by atoms with E-state index >= 15 is 0 Å². The highest BCUT2D eigenvalue weighted by Crippen LogP contribution is 2.21. The first kappa shape index (κ1) is 10.2. The predicted octanol–water partition coefficient (Wildman–Crippen LogP) is 2.69. The van der Waals surface area contributed by atoms with Crippen LogP contribution in [0.15, 0.2) is 22.7 Å². The summed E-state index contributed by atoms with van der Waals surface area (Å²) < 4.78 is 4.21. The molecule has 1 aromatic carbocycles. The first-order valence-electron chi connectivity index (χ1n) is 3.64. The highest BCUT2D eigenvalue weighted by molar-refractivity contribution is 14.1. The van der Waals surface area contributed by atoms with Gasteiger partial charge in [0.15, 0.2) is 0 Å². The van der Waals surface area contributed by atoms with E-state index in [-0.39, 0.29) is 0 Å². The molecule has 7 heteroatoms.